The lowest BCUT2D eigenvalue weighted by Crippen LogP contribution is -2.25. The molecule has 0 N–H and O–H groups in total. The van der Waals surface area contributed by atoms with E-state index >= 15 is 0 Å². The summed E-state index contributed by atoms with van der Waals surface area (Å²) in [4.78, 5) is 29.9. The second kappa shape index (κ2) is 7.19. The van der Waals surface area contributed by atoms with Crippen LogP contribution in [0.25, 0.3) is 11.4 Å². The highest BCUT2D eigenvalue weighted by Crippen LogP contribution is 2.45. The summed E-state index contributed by atoms with van der Waals surface area (Å²) in [6, 6.07) is 16.4. The summed E-state index contributed by atoms with van der Waals surface area (Å²) in [6.45, 7) is 13.0. The number of hydrogen-bond acceptors (Lipinski definition) is 2. The Kier molecular flexibility index (Phi) is 4.96. The molecule has 2 aromatic rings. The van der Waals surface area contributed by atoms with E-state index in [0.29, 0.717) is 22.5 Å². The number of fused-ring (bicyclic) bond motifs is 1. The lowest BCUT2D eigenvalue weighted by atomic mass is 9.86. The molecule has 0 atom stereocenters. The summed E-state index contributed by atoms with van der Waals surface area (Å²) in [5.41, 5.74) is 6.62. The van der Waals surface area contributed by atoms with Crippen LogP contribution in [0.15, 0.2) is 59.7 Å². The van der Waals surface area contributed by atoms with Gasteiger partial charge in [-0.2, -0.15) is 0 Å². The van der Waals surface area contributed by atoms with Crippen LogP contribution in [0.2, 0.25) is 0 Å². The van der Waals surface area contributed by atoms with Crippen LogP contribution in [0.1, 0.15) is 63.8 Å². The van der Waals surface area contributed by atoms with E-state index in [2.05, 4.69) is 65.8 Å². The van der Waals surface area contributed by atoms with Gasteiger partial charge in [-0.25, -0.2) is 0 Å². The van der Waals surface area contributed by atoms with Gasteiger partial charge in [0.15, 0.2) is 0 Å². The molecule has 166 valence electrons. The highest BCUT2D eigenvalue weighted by atomic mass is 16.2. The predicted octanol–water partition coefficient (Wildman–Crippen LogP) is 5.35. The van der Waals surface area contributed by atoms with E-state index < -0.39 is 0 Å². The summed E-state index contributed by atoms with van der Waals surface area (Å²) in [7, 11) is 3.50. The molecule has 0 aliphatic carbocycles. The second-order valence-electron chi connectivity index (χ2n) is 10.8. The molecule has 0 bridgehead atoms. The molecule has 0 unspecified atom stereocenters. The molecular formula is C28H32N2O2. The largest absolute Gasteiger partial charge is 0.310 e. The number of nitrogens with zero attached hydrogens (tertiary/aromatic N) is 2. The lowest BCUT2D eigenvalue weighted by Gasteiger charge is -2.22. The van der Waals surface area contributed by atoms with Gasteiger partial charge in [-0.1, -0.05) is 90.1 Å². The van der Waals surface area contributed by atoms with Gasteiger partial charge in [-0.15, -0.1) is 0 Å². The Balaban J connectivity index is 1.86. The molecule has 2 aliphatic rings. The van der Waals surface area contributed by atoms with Crippen molar-refractivity contribution in [2.24, 2.45) is 0 Å². The van der Waals surface area contributed by atoms with E-state index in [-0.39, 0.29) is 22.6 Å². The van der Waals surface area contributed by atoms with Crippen molar-refractivity contribution < 1.29 is 9.59 Å². The van der Waals surface area contributed by atoms with Crippen LogP contribution in [0.5, 0.6) is 0 Å². The maximum Gasteiger partial charge on any atom is 0.261 e. The Morgan fingerprint density at radius 3 is 1.06 bits per heavy atom. The van der Waals surface area contributed by atoms with Gasteiger partial charge in [0, 0.05) is 14.1 Å². The van der Waals surface area contributed by atoms with Crippen LogP contribution in [0, 0.1) is 0 Å². The lowest BCUT2D eigenvalue weighted by molar-refractivity contribution is -0.123. The number of hydrogen-bond donors (Lipinski definition) is 0. The fourth-order valence-corrected chi connectivity index (χ4v) is 4.46. The standard InChI is InChI=1S/C28H32N2O2/c1-27(2,3)19-13-9-17(10-14-19)23-21-22(26(32)29(23)7)24(30(8)25(21)31)18-11-15-20(16-12-18)28(4,5)6/h9-16H,1-8H3. The highest BCUT2D eigenvalue weighted by molar-refractivity contribution is 6.30. The monoisotopic (exact) mass is 428 g/mol. The van der Waals surface area contributed by atoms with Crippen LogP contribution in [-0.2, 0) is 20.4 Å². The Morgan fingerprint density at radius 2 is 0.812 bits per heavy atom. The normalized spacial score (nSPS) is 17.1. The van der Waals surface area contributed by atoms with Crippen molar-refractivity contribution >= 4 is 23.2 Å². The molecule has 4 nitrogen and oxygen atoms in total. The molecule has 0 saturated heterocycles. The summed E-state index contributed by atoms with van der Waals surface area (Å²) >= 11 is 0. The van der Waals surface area contributed by atoms with Crippen molar-refractivity contribution in [3.63, 3.8) is 0 Å². The van der Waals surface area contributed by atoms with Crippen LogP contribution < -0.4 is 0 Å². The number of rotatable bonds is 2. The van der Waals surface area contributed by atoms with Crippen LogP contribution >= 0.6 is 0 Å². The zero-order valence-electron chi connectivity index (χ0n) is 20.3. The number of carbonyl (C=O) groups excluding carboxylic acids is 2. The fraction of sp³-hybridized carbons (Fsp3) is 0.357. The molecule has 32 heavy (non-hydrogen) atoms. The summed E-state index contributed by atoms with van der Waals surface area (Å²) in [6.07, 6.45) is 0. The average molecular weight is 429 g/mol. The van der Waals surface area contributed by atoms with Gasteiger partial charge in [0.1, 0.15) is 0 Å². The molecule has 0 aromatic heterocycles. The van der Waals surface area contributed by atoms with E-state index in [1.807, 2.05) is 24.3 Å². The molecule has 4 rings (SSSR count). The van der Waals surface area contributed by atoms with Gasteiger partial charge in [-0.05, 0) is 33.1 Å². The van der Waals surface area contributed by atoms with E-state index in [1.165, 1.54) is 11.1 Å². The van der Waals surface area contributed by atoms with E-state index in [1.54, 1.807) is 23.9 Å². The minimum Gasteiger partial charge on any atom is -0.310 e. The van der Waals surface area contributed by atoms with Gasteiger partial charge in [0.2, 0.25) is 0 Å². The van der Waals surface area contributed by atoms with Gasteiger partial charge in [0.25, 0.3) is 11.8 Å². The van der Waals surface area contributed by atoms with Crippen molar-refractivity contribution in [2.75, 3.05) is 14.1 Å². The van der Waals surface area contributed by atoms with Crippen LogP contribution in [0.3, 0.4) is 0 Å². The van der Waals surface area contributed by atoms with Crippen molar-refractivity contribution in [1.82, 2.24) is 9.80 Å². The van der Waals surface area contributed by atoms with Crippen molar-refractivity contribution in [3.05, 3.63) is 81.9 Å². The van der Waals surface area contributed by atoms with E-state index in [9.17, 15) is 9.59 Å². The topological polar surface area (TPSA) is 40.6 Å². The van der Waals surface area contributed by atoms with Crippen molar-refractivity contribution in [2.45, 2.75) is 52.4 Å². The third kappa shape index (κ3) is 3.38. The van der Waals surface area contributed by atoms with Crippen LogP contribution in [-0.4, -0.2) is 35.7 Å². The molecule has 0 radical (unpaired) electrons. The molecule has 2 amide bonds. The third-order valence-corrected chi connectivity index (χ3v) is 6.48. The van der Waals surface area contributed by atoms with E-state index in [4.69, 9.17) is 0 Å². The molecule has 0 saturated carbocycles. The number of carbonyl (C=O) groups is 2. The van der Waals surface area contributed by atoms with Gasteiger partial charge in [-0.3, -0.25) is 9.59 Å². The fourth-order valence-electron chi connectivity index (χ4n) is 4.46. The molecule has 2 aromatic carbocycles. The maximum absolute atomic E-state index is 13.3. The zero-order chi connectivity index (χ0) is 23.6. The molecule has 0 spiro atoms. The zero-order valence-corrected chi connectivity index (χ0v) is 20.3. The first kappa shape index (κ1) is 22.1. The van der Waals surface area contributed by atoms with Gasteiger partial charge >= 0.3 is 0 Å². The molecule has 0 fully saturated rings. The second-order valence-corrected chi connectivity index (χ2v) is 10.8. The van der Waals surface area contributed by atoms with Crippen molar-refractivity contribution in [3.8, 4) is 0 Å². The van der Waals surface area contributed by atoms with Crippen molar-refractivity contribution in [1.29, 1.82) is 0 Å². The first-order chi connectivity index (χ1) is 14.8. The molecular weight excluding hydrogens is 396 g/mol. The van der Waals surface area contributed by atoms with Crippen LogP contribution in [0.4, 0.5) is 0 Å². The van der Waals surface area contributed by atoms with E-state index in [0.717, 1.165) is 11.1 Å². The summed E-state index contributed by atoms with van der Waals surface area (Å²) in [5.74, 6) is -0.273. The minimum atomic E-state index is -0.137. The smallest absolute Gasteiger partial charge is 0.261 e. The Hall–Kier alpha value is -3.14. The number of amides is 2. The first-order valence-electron chi connectivity index (χ1n) is 11.1. The van der Waals surface area contributed by atoms with Gasteiger partial charge < -0.3 is 9.80 Å². The first-order valence-corrected chi connectivity index (χ1v) is 11.1. The third-order valence-electron chi connectivity index (χ3n) is 6.48. The predicted molar refractivity (Wildman–Crippen MR) is 130 cm³/mol. The average Bonchev–Trinajstić information content (AvgIpc) is 3.12. The molecule has 2 heterocycles. The number of benzene rings is 2. The highest BCUT2D eigenvalue weighted by Gasteiger charge is 2.46. The number of likely N-dealkylation sites (N-methyl/N-ethyl adjacent to an activating group) is 2. The summed E-state index contributed by atoms with van der Waals surface area (Å²) < 4.78 is 0. The Labute approximate surface area is 191 Å². The summed E-state index contributed by atoms with van der Waals surface area (Å²) in [5, 5.41) is 0. The van der Waals surface area contributed by atoms with Gasteiger partial charge in [0.05, 0.1) is 22.5 Å². The molecule has 4 heteroatoms. The quantitative estimate of drug-likeness (QED) is 0.647. The Morgan fingerprint density at radius 1 is 0.531 bits per heavy atom. The molecule has 2 aliphatic heterocycles. The SMILES string of the molecule is CN1C(=O)C2=C(c3ccc(C(C)(C)C)cc3)N(C)C(=O)C2=C1c1ccc(C(C)(C)C)cc1. The minimum absolute atomic E-state index is 0.0363. The Bertz CT molecular complexity index is 1070. The maximum atomic E-state index is 13.3.